The van der Waals surface area contributed by atoms with E-state index in [1.54, 1.807) is 6.20 Å². The molecule has 3 aliphatic heterocycles. The van der Waals surface area contributed by atoms with E-state index >= 15 is 0 Å². The Morgan fingerprint density at radius 1 is 1.13 bits per heavy atom. The summed E-state index contributed by atoms with van der Waals surface area (Å²) in [5, 5.41) is 0. The van der Waals surface area contributed by atoms with Crippen molar-refractivity contribution in [1.29, 1.82) is 0 Å². The number of carbonyl (C=O) groups is 1. The van der Waals surface area contributed by atoms with E-state index in [1.165, 1.54) is 31.2 Å². The van der Waals surface area contributed by atoms with Crippen LogP contribution >= 0.6 is 0 Å². The molecule has 2 aromatic rings. The van der Waals surface area contributed by atoms with Crippen molar-refractivity contribution >= 4 is 5.91 Å². The molecule has 5 heteroatoms. The van der Waals surface area contributed by atoms with E-state index in [4.69, 9.17) is 4.74 Å². The number of rotatable bonds is 5. The van der Waals surface area contributed by atoms with Crippen LogP contribution in [0.4, 0.5) is 0 Å². The van der Waals surface area contributed by atoms with E-state index in [-0.39, 0.29) is 5.54 Å². The molecule has 1 spiro atoms. The second-order valence-electron chi connectivity index (χ2n) is 9.81. The topological polar surface area (TPSA) is 45.7 Å². The average molecular weight is 418 g/mol. The number of likely N-dealkylation sites (tertiary alicyclic amines) is 1. The lowest BCUT2D eigenvalue weighted by Crippen LogP contribution is -2.49. The van der Waals surface area contributed by atoms with Gasteiger partial charge in [0.15, 0.2) is 0 Å². The molecule has 1 aliphatic carbocycles. The van der Waals surface area contributed by atoms with Crippen LogP contribution in [0.3, 0.4) is 0 Å². The van der Waals surface area contributed by atoms with Gasteiger partial charge in [0.1, 0.15) is 11.3 Å². The normalized spacial score (nSPS) is 30.7. The molecule has 1 aromatic carbocycles. The molecule has 6 rings (SSSR count). The van der Waals surface area contributed by atoms with Crippen LogP contribution in [-0.2, 0) is 11.3 Å². The van der Waals surface area contributed by atoms with Gasteiger partial charge in [0.25, 0.3) is 0 Å². The lowest BCUT2D eigenvalue weighted by molar-refractivity contribution is -0.137. The van der Waals surface area contributed by atoms with Crippen LogP contribution in [-0.4, -0.2) is 45.4 Å². The molecule has 0 radical (unpaired) electrons. The molecule has 4 aliphatic rings. The smallest absolute Gasteiger partial charge is 0.243 e. The summed E-state index contributed by atoms with van der Waals surface area (Å²) in [6, 6.07) is 13.0. The fraction of sp³-hybridized carbons (Fsp3) is 0.538. The summed E-state index contributed by atoms with van der Waals surface area (Å²) in [4.78, 5) is 22.6. The van der Waals surface area contributed by atoms with Crippen molar-refractivity contribution in [2.45, 2.75) is 69.2 Å². The van der Waals surface area contributed by atoms with E-state index in [0.717, 1.165) is 43.7 Å². The number of pyridine rings is 1. The first-order chi connectivity index (χ1) is 15.2. The van der Waals surface area contributed by atoms with Crippen LogP contribution in [0.1, 0.15) is 62.1 Å². The van der Waals surface area contributed by atoms with Gasteiger partial charge in [0, 0.05) is 37.4 Å². The molecular formula is C26H31N3O2. The maximum absolute atomic E-state index is 13.7. The molecule has 0 unspecified atom stereocenters. The van der Waals surface area contributed by atoms with Crippen LogP contribution in [0.2, 0.25) is 0 Å². The number of aromatic nitrogens is 1. The number of ether oxygens (including phenoxy) is 1. The standard InChI is InChI=1S/C26H31N3O2/c30-25-26-11-5-13-29(26)24(15-21(26)18-28(25)17-19-6-4-12-27-16-19)20-7-3-10-23(14-20)31-22-8-1-2-9-22/h3-4,6-7,10,12,14,16,21-22,24H,1-2,5,8-9,11,13,15,17-18H2/t21-,24-,26-/m0/s1. The molecule has 3 saturated heterocycles. The van der Waals surface area contributed by atoms with Gasteiger partial charge in [-0.25, -0.2) is 0 Å². The summed E-state index contributed by atoms with van der Waals surface area (Å²) in [6.45, 7) is 2.55. The van der Waals surface area contributed by atoms with Gasteiger partial charge >= 0.3 is 0 Å². The highest BCUT2D eigenvalue weighted by Gasteiger charge is 2.65. The van der Waals surface area contributed by atoms with Crippen molar-refractivity contribution in [3.63, 3.8) is 0 Å². The molecule has 162 valence electrons. The molecule has 3 atom stereocenters. The Bertz CT molecular complexity index is 958. The number of carbonyl (C=O) groups excluding carboxylic acids is 1. The lowest BCUT2D eigenvalue weighted by Gasteiger charge is -2.33. The molecule has 0 bridgehead atoms. The van der Waals surface area contributed by atoms with Crippen molar-refractivity contribution < 1.29 is 9.53 Å². The predicted molar refractivity (Wildman–Crippen MR) is 118 cm³/mol. The number of hydrogen-bond donors (Lipinski definition) is 0. The zero-order valence-corrected chi connectivity index (χ0v) is 18.1. The van der Waals surface area contributed by atoms with E-state index in [9.17, 15) is 4.79 Å². The van der Waals surface area contributed by atoms with E-state index < -0.39 is 0 Å². The molecular weight excluding hydrogens is 386 g/mol. The van der Waals surface area contributed by atoms with Crippen LogP contribution < -0.4 is 4.74 Å². The van der Waals surface area contributed by atoms with E-state index in [0.29, 0.717) is 30.5 Å². The second-order valence-corrected chi connectivity index (χ2v) is 9.81. The van der Waals surface area contributed by atoms with Gasteiger partial charge in [0.05, 0.1) is 6.10 Å². The van der Waals surface area contributed by atoms with Gasteiger partial charge in [0.2, 0.25) is 5.91 Å². The maximum atomic E-state index is 13.7. The highest BCUT2D eigenvalue weighted by molar-refractivity contribution is 5.90. The van der Waals surface area contributed by atoms with Gasteiger partial charge in [-0.05, 0) is 80.8 Å². The molecule has 0 N–H and O–H groups in total. The Kier molecular flexibility index (Phi) is 4.75. The Morgan fingerprint density at radius 2 is 2.03 bits per heavy atom. The first-order valence-corrected chi connectivity index (χ1v) is 12.0. The quantitative estimate of drug-likeness (QED) is 0.726. The summed E-state index contributed by atoms with van der Waals surface area (Å²) < 4.78 is 6.28. The molecule has 5 nitrogen and oxygen atoms in total. The average Bonchev–Trinajstić information content (AvgIpc) is 3.55. The Balaban J connectivity index is 1.23. The fourth-order valence-corrected chi connectivity index (χ4v) is 6.74. The summed E-state index contributed by atoms with van der Waals surface area (Å²) >= 11 is 0. The predicted octanol–water partition coefficient (Wildman–Crippen LogP) is 4.34. The summed E-state index contributed by atoms with van der Waals surface area (Å²) in [5.74, 6) is 1.74. The van der Waals surface area contributed by atoms with Gasteiger partial charge in [-0.3, -0.25) is 14.7 Å². The monoisotopic (exact) mass is 417 g/mol. The third-order valence-electron chi connectivity index (χ3n) is 8.07. The highest BCUT2D eigenvalue weighted by atomic mass is 16.5. The Labute approximate surface area is 184 Å². The minimum Gasteiger partial charge on any atom is -0.490 e. The van der Waals surface area contributed by atoms with E-state index in [1.807, 2.05) is 12.3 Å². The van der Waals surface area contributed by atoms with Crippen molar-refractivity contribution in [2.24, 2.45) is 5.92 Å². The fourth-order valence-electron chi connectivity index (χ4n) is 6.74. The third kappa shape index (κ3) is 3.16. The molecule has 31 heavy (non-hydrogen) atoms. The van der Waals surface area contributed by atoms with Crippen LogP contribution in [0.5, 0.6) is 5.75 Å². The Morgan fingerprint density at radius 3 is 2.87 bits per heavy atom. The zero-order chi connectivity index (χ0) is 20.8. The van der Waals surface area contributed by atoms with Crippen molar-refractivity contribution in [2.75, 3.05) is 13.1 Å². The number of nitrogens with zero attached hydrogens (tertiary/aromatic N) is 3. The van der Waals surface area contributed by atoms with Crippen LogP contribution in [0.15, 0.2) is 48.8 Å². The largest absolute Gasteiger partial charge is 0.490 e. The van der Waals surface area contributed by atoms with E-state index in [2.05, 4.69) is 45.1 Å². The van der Waals surface area contributed by atoms with Crippen molar-refractivity contribution in [3.8, 4) is 5.75 Å². The SMILES string of the molecule is O=C1N(Cc2cccnc2)C[C@@H]2C[C@@H](c3cccc(OC4CCCC4)c3)N3CCC[C@@]123. The minimum atomic E-state index is -0.296. The minimum absolute atomic E-state index is 0.296. The van der Waals surface area contributed by atoms with Gasteiger partial charge < -0.3 is 9.64 Å². The summed E-state index contributed by atoms with van der Waals surface area (Å²) in [7, 11) is 0. The maximum Gasteiger partial charge on any atom is 0.243 e. The van der Waals surface area contributed by atoms with Crippen LogP contribution in [0, 0.1) is 5.92 Å². The van der Waals surface area contributed by atoms with Crippen molar-refractivity contribution in [1.82, 2.24) is 14.8 Å². The third-order valence-corrected chi connectivity index (χ3v) is 8.07. The first-order valence-electron chi connectivity index (χ1n) is 12.0. The summed E-state index contributed by atoms with van der Waals surface area (Å²) in [6.07, 6.45) is 12.1. The Hall–Kier alpha value is -2.40. The number of amides is 1. The number of benzene rings is 1. The summed E-state index contributed by atoms with van der Waals surface area (Å²) in [5.41, 5.74) is 2.14. The molecule has 1 amide bonds. The highest BCUT2D eigenvalue weighted by Crippen LogP contribution is 2.56. The lowest BCUT2D eigenvalue weighted by atomic mass is 9.85. The molecule has 4 fully saturated rings. The van der Waals surface area contributed by atoms with Gasteiger partial charge in [-0.2, -0.15) is 0 Å². The van der Waals surface area contributed by atoms with Crippen LogP contribution in [0.25, 0.3) is 0 Å². The van der Waals surface area contributed by atoms with Crippen molar-refractivity contribution in [3.05, 3.63) is 59.9 Å². The second kappa shape index (κ2) is 7.63. The molecule has 1 saturated carbocycles. The van der Waals surface area contributed by atoms with Gasteiger partial charge in [-0.15, -0.1) is 0 Å². The molecule has 1 aromatic heterocycles. The number of hydrogen-bond acceptors (Lipinski definition) is 4. The molecule has 4 heterocycles. The first kappa shape index (κ1) is 19.3. The zero-order valence-electron chi connectivity index (χ0n) is 18.1. The van der Waals surface area contributed by atoms with Gasteiger partial charge in [-0.1, -0.05) is 18.2 Å².